The van der Waals surface area contributed by atoms with Crippen LogP contribution in [-0.4, -0.2) is 12.6 Å². The molecule has 2 nitrogen and oxygen atoms in total. The van der Waals surface area contributed by atoms with Gasteiger partial charge in [0, 0.05) is 24.7 Å². The second kappa shape index (κ2) is 5.46. The lowest BCUT2D eigenvalue weighted by Crippen LogP contribution is -2.33. The first kappa shape index (κ1) is 13.9. The summed E-state index contributed by atoms with van der Waals surface area (Å²) in [7, 11) is 0. The minimum Gasteiger partial charge on any atom is -0.329 e. The minimum absolute atomic E-state index is 0.0138. The first-order valence-corrected chi connectivity index (χ1v) is 5.14. The highest BCUT2D eigenvalue weighted by atomic mass is 19.4. The Labute approximate surface area is 96.8 Å². The molecule has 0 aliphatic heterocycles. The van der Waals surface area contributed by atoms with E-state index in [2.05, 4.69) is 5.32 Å². The van der Waals surface area contributed by atoms with E-state index in [4.69, 9.17) is 5.73 Å². The molecule has 1 aromatic rings. The molecule has 0 saturated carbocycles. The quantitative estimate of drug-likeness (QED) is 0.804. The Hall–Kier alpha value is -1.14. The van der Waals surface area contributed by atoms with Crippen LogP contribution >= 0.6 is 0 Å². The molecule has 0 amide bonds. The van der Waals surface area contributed by atoms with Crippen LogP contribution in [0.25, 0.3) is 0 Å². The third-order valence-electron chi connectivity index (χ3n) is 2.38. The molecule has 1 aromatic carbocycles. The van der Waals surface area contributed by atoms with Crippen LogP contribution < -0.4 is 11.1 Å². The molecule has 0 radical (unpaired) electrons. The lowest BCUT2D eigenvalue weighted by Gasteiger charge is -2.14. The first-order valence-electron chi connectivity index (χ1n) is 5.14. The standard InChI is InChI=1S/C11H14F4N2/c1-7(5-16)17-6-8-3-2-4-9(10(8)12)11(13,14)15/h2-4,7,17H,5-6,16H2,1H3/t7-/m0/s1. The predicted octanol–water partition coefficient (Wildman–Crippen LogP) is 2.28. The van der Waals surface area contributed by atoms with Gasteiger partial charge in [-0.25, -0.2) is 4.39 Å². The molecule has 1 rings (SSSR count). The van der Waals surface area contributed by atoms with E-state index in [-0.39, 0.29) is 18.2 Å². The van der Waals surface area contributed by atoms with Crippen molar-refractivity contribution in [1.82, 2.24) is 5.32 Å². The van der Waals surface area contributed by atoms with Crippen LogP contribution in [0, 0.1) is 5.82 Å². The van der Waals surface area contributed by atoms with Crippen molar-refractivity contribution in [3.05, 3.63) is 35.1 Å². The zero-order valence-corrected chi connectivity index (χ0v) is 9.31. The molecule has 6 heteroatoms. The van der Waals surface area contributed by atoms with Crippen molar-refractivity contribution >= 4 is 0 Å². The Morgan fingerprint density at radius 3 is 2.53 bits per heavy atom. The van der Waals surface area contributed by atoms with Gasteiger partial charge in [0.05, 0.1) is 5.56 Å². The van der Waals surface area contributed by atoms with Gasteiger partial charge in [-0.2, -0.15) is 13.2 Å². The summed E-state index contributed by atoms with van der Waals surface area (Å²) in [5.41, 5.74) is 4.08. The Morgan fingerprint density at radius 1 is 1.35 bits per heavy atom. The summed E-state index contributed by atoms with van der Waals surface area (Å²) < 4.78 is 50.8. The van der Waals surface area contributed by atoms with Crippen molar-refractivity contribution in [2.45, 2.75) is 25.7 Å². The summed E-state index contributed by atoms with van der Waals surface area (Å²) in [6.45, 7) is 2.13. The molecule has 0 bridgehead atoms. The van der Waals surface area contributed by atoms with Gasteiger partial charge >= 0.3 is 6.18 Å². The number of hydrogen-bond donors (Lipinski definition) is 2. The maximum Gasteiger partial charge on any atom is 0.419 e. The largest absolute Gasteiger partial charge is 0.419 e. The van der Waals surface area contributed by atoms with Crippen LogP contribution in [0.3, 0.4) is 0 Å². The molecule has 96 valence electrons. The van der Waals surface area contributed by atoms with Gasteiger partial charge in [-0.15, -0.1) is 0 Å². The number of rotatable bonds is 4. The van der Waals surface area contributed by atoms with Gasteiger partial charge in [-0.3, -0.25) is 0 Å². The fraction of sp³-hybridized carbons (Fsp3) is 0.455. The molecule has 0 spiro atoms. The average Bonchev–Trinajstić information content (AvgIpc) is 2.25. The zero-order valence-electron chi connectivity index (χ0n) is 9.31. The Bertz CT molecular complexity index is 376. The number of hydrogen-bond acceptors (Lipinski definition) is 2. The number of nitrogens with one attached hydrogen (secondary N) is 1. The highest BCUT2D eigenvalue weighted by Gasteiger charge is 2.34. The van der Waals surface area contributed by atoms with Crippen molar-refractivity contribution in [3.8, 4) is 0 Å². The molecular weight excluding hydrogens is 236 g/mol. The third kappa shape index (κ3) is 3.67. The van der Waals surface area contributed by atoms with Gasteiger partial charge in [0.1, 0.15) is 5.82 Å². The second-order valence-corrected chi connectivity index (χ2v) is 3.79. The van der Waals surface area contributed by atoms with Crippen molar-refractivity contribution < 1.29 is 17.6 Å². The number of alkyl halides is 3. The Morgan fingerprint density at radius 2 is 2.00 bits per heavy atom. The molecule has 17 heavy (non-hydrogen) atoms. The monoisotopic (exact) mass is 250 g/mol. The van der Waals surface area contributed by atoms with Gasteiger partial charge in [0.2, 0.25) is 0 Å². The van der Waals surface area contributed by atoms with Gasteiger partial charge < -0.3 is 11.1 Å². The van der Waals surface area contributed by atoms with Crippen LogP contribution in [-0.2, 0) is 12.7 Å². The molecule has 0 saturated heterocycles. The van der Waals surface area contributed by atoms with Crippen LogP contribution in [0.4, 0.5) is 17.6 Å². The van der Waals surface area contributed by atoms with E-state index >= 15 is 0 Å². The van der Waals surface area contributed by atoms with E-state index < -0.39 is 17.6 Å². The fourth-order valence-corrected chi connectivity index (χ4v) is 1.30. The van der Waals surface area contributed by atoms with E-state index in [0.717, 1.165) is 6.07 Å². The summed E-state index contributed by atoms with van der Waals surface area (Å²) in [5, 5.41) is 2.84. The topological polar surface area (TPSA) is 38.0 Å². The van der Waals surface area contributed by atoms with Gasteiger partial charge in [0.25, 0.3) is 0 Å². The summed E-state index contributed by atoms with van der Waals surface area (Å²) in [6.07, 6.45) is -4.67. The smallest absolute Gasteiger partial charge is 0.329 e. The van der Waals surface area contributed by atoms with E-state index in [9.17, 15) is 17.6 Å². The van der Waals surface area contributed by atoms with Crippen molar-refractivity contribution in [2.75, 3.05) is 6.54 Å². The van der Waals surface area contributed by atoms with Crippen molar-refractivity contribution in [2.24, 2.45) is 5.73 Å². The normalized spacial score (nSPS) is 13.8. The van der Waals surface area contributed by atoms with Gasteiger partial charge in [-0.1, -0.05) is 12.1 Å². The SMILES string of the molecule is C[C@@H](CN)NCc1cccc(C(F)(F)F)c1F. The van der Waals surface area contributed by atoms with Gasteiger partial charge in [-0.05, 0) is 13.0 Å². The second-order valence-electron chi connectivity index (χ2n) is 3.79. The van der Waals surface area contributed by atoms with Crippen LogP contribution in [0.2, 0.25) is 0 Å². The molecule has 0 aliphatic carbocycles. The predicted molar refractivity (Wildman–Crippen MR) is 56.8 cm³/mol. The fourth-order valence-electron chi connectivity index (χ4n) is 1.30. The number of nitrogens with two attached hydrogens (primary N) is 1. The minimum atomic E-state index is -4.67. The summed E-state index contributed by atoms with van der Waals surface area (Å²) in [4.78, 5) is 0. The molecule has 0 unspecified atom stereocenters. The van der Waals surface area contributed by atoms with E-state index in [1.165, 1.54) is 12.1 Å². The summed E-state index contributed by atoms with van der Waals surface area (Å²) >= 11 is 0. The lowest BCUT2D eigenvalue weighted by atomic mass is 10.1. The maximum absolute atomic E-state index is 13.5. The highest BCUT2D eigenvalue weighted by molar-refractivity contribution is 5.28. The number of halogens is 4. The van der Waals surface area contributed by atoms with Crippen molar-refractivity contribution in [3.63, 3.8) is 0 Å². The zero-order chi connectivity index (χ0) is 13.1. The van der Waals surface area contributed by atoms with E-state index in [1.54, 1.807) is 6.92 Å². The molecule has 1 atom stereocenters. The molecule has 0 fully saturated rings. The Balaban J connectivity index is 2.88. The summed E-state index contributed by atoms with van der Waals surface area (Å²) in [5.74, 6) is -1.23. The van der Waals surface area contributed by atoms with Crippen molar-refractivity contribution in [1.29, 1.82) is 0 Å². The van der Waals surface area contributed by atoms with Crippen LogP contribution in [0.1, 0.15) is 18.1 Å². The molecule has 0 heterocycles. The average molecular weight is 250 g/mol. The lowest BCUT2D eigenvalue weighted by molar-refractivity contribution is -0.140. The first-order chi connectivity index (χ1) is 7.86. The van der Waals surface area contributed by atoms with E-state index in [0.29, 0.717) is 6.54 Å². The molecule has 0 aromatic heterocycles. The Kier molecular flexibility index (Phi) is 4.47. The van der Waals surface area contributed by atoms with Gasteiger partial charge in [0.15, 0.2) is 0 Å². The summed E-state index contributed by atoms with van der Waals surface area (Å²) in [6, 6.07) is 3.16. The third-order valence-corrected chi connectivity index (χ3v) is 2.38. The molecular formula is C11H14F4N2. The van der Waals surface area contributed by atoms with Crippen LogP contribution in [0.15, 0.2) is 18.2 Å². The number of benzene rings is 1. The highest BCUT2D eigenvalue weighted by Crippen LogP contribution is 2.32. The maximum atomic E-state index is 13.5. The molecule has 0 aliphatic rings. The van der Waals surface area contributed by atoms with E-state index in [1.807, 2.05) is 0 Å². The molecule has 3 N–H and O–H groups in total. The van der Waals surface area contributed by atoms with Crippen LogP contribution in [0.5, 0.6) is 0 Å².